The zero-order valence-corrected chi connectivity index (χ0v) is 13.9. The van der Waals surface area contributed by atoms with E-state index in [0.717, 1.165) is 25.9 Å². The monoisotopic (exact) mass is 307 g/mol. The molecule has 3 atom stereocenters. The molecule has 1 amide bonds. The highest BCUT2D eigenvalue weighted by molar-refractivity contribution is 7.07. The molecule has 1 N–H and O–H groups in total. The molecule has 0 spiro atoms. The van der Waals surface area contributed by atoms with Gasteiger partial charge in [-0.25, -0.2) is 0 Å². The number of hydrogen-bond donors (Lipinski definition) is 1. The van der Waals surface area contributed by atoms with Crippen LogP contribution in [0.25, 0.3) is 0 Å². The first-order valence-corrected chi connectivity index (χ1v) is 8.80. The molecule has 116 valence electrons. The summed E-state index contributed by atoms with van der Waals surface area (Å²) in [6, 6.07) is 2.46. The Morgan fingerprint density at radius 1 is 1.52 bits per heavy atom. The zero-order valence-electron chi connectivity index (χ0n) is 13.1. The van der Waals surface area contributed by atoms with Crippen LogP contribution in [-0.2, 0) is 4.79 Å². The fourth-order valence-corrected chi connectivity index (χ4v) is 4.18. The minimum absolute atomic E-state index is 0.0326. The second-order valence-electron chi connectivity index (χ2n) is 6.56. The maximum atomic E-state index is 13.0. The molecule has 0 saturated carbocycles. The van der Waals surface area contributed by atoms with Crippen LogP contribution >= 0.6 is 11.3 Å². The lowest BCUT2D eigenvalue weighted by Crippen LogP contribution is -2.50. The zero-order chi connectivity index (χ0) is 15.0. The molecule has 3 rings (SSSR count). The predicted octanol–water partition coefficient (Wildman–Crippen LogP) is 2.44. The van der Waals surface area contributed by atoms with Gasteiger partial charge in [-0.05, 0) is 62.2 Å². The summed E-state index contributed by atoms with van der Waals surface area (Å²) in [6.07, 6.45) is 3.14. The van der Waals surface area contributed by atoms with Crippen LogP contribution in [0.4, 0.5) is 0 Å². The molecule has 3 unspecified atom stereocenters. The van der Waals surface area contributed by atoms with Crippen LogP contribution in [-0.4, -0.2) is 47.4 Å². The second kappa shape index (κ2) is 5.71. The Bertz CT molecular complexity index is 504. The van der Waals surface area contributed by atoms with Crippen LogP contribution in [0.1, 0.15) is 44.8 Å². The van der Waals surface area contributed by atoms with E-state index >= 15 is 0 Å². The summed E-state index contributed by atoms with van der Waals surface area (Å²) in [4.78, 5) is 17.5. The molecular formula is C16H25N3OS. The number of amides is 1. The summed E-state index contributed by atoms with van der Waals surface area (Å²) in [5.41, 5.74) is 0.793. The average molecular weight is 307 g/mol. The predicted molar refractivity (Wildman–Crippen MR) is 86.3 cm³/mol. The number of rotatable bonds is 3. The van der Waals surface area contributed by atoms with E-state index in [1.807, 2.05) is 6.92 Å². The van der Waals surface area contributed by atoms with E-state index in [0.29, 0.717) is 6.04 Å². The lowest BCUT2D eigenvalue weighted by atomic mass is 9.97. The molecule has 2 fully saturated rings. The summed E-state index contributed by atoms with van der Waals surface area (Å²) in [5.74, 6) is 0.265. The van der Waals surface area contributed by atoms with Crippen molar-refractivity contribution in [3.63, 3.8) is 0 Å². The van der Waals surface area contributed by atoms with Gasteiger partial charge in [0.05, 0.1) is 5.54 Å². The standard InChI is InChI=1S/C16H25N3OS/c1-4-16(2)15(20)19(13-6-5-8-18(3)10-13)14(17-16)12-7-9-21-11-12/h7,9,11,13-14,17H,4-6,8,10H2,1-3H3. The molecule has 4 nitrogen and oxygen atoms in total. The molecule has 1 aromatic heterocycles. The number of nitrogens with one attached hydrogen (secondary N) is 1. The van der Waals surface area contributed by atoms with Gasteiger partial charge in [0.25, 0.3) is 0 Å². The van der Waals surface area contributed by atoms with Crippen LogP contribution in [0.15, 0.2) is 16.8 Å². The number of likely N-dealkylation sites (tertiary alicyclic amines) is 1. The Morgan fingerprint density at radius 2 is 2.33 bits per heavy atom. The fraction of sp³-hybridized carbons (Fsp3) is 0.688. The van der Waals surface area contributed by atoms with Gasteiger partial charge in [-0.2, -0.15) is 11.3 Å². The third-order valence-electron chi connectivity index (χ3n) is 5.00. The number of hydrogen-bond acceptors (Lipinski definition) is 4. The third-order valence-corrected chi connectivity index (χ3v) is 5.70. The SMILES string of the molecule is CCC1(C)NC(c2ccsc2)N(C2CCCN(C)C2)C1=O. The van der Waals surface area contributed by atoms with Crippen LogP contribution in [0.5, 0.6) is 0 Å². The number of carbonyl (C=O) groups excluding carboxylic acids is 1. The molecular weight excluding hydrogens is 282 g/mol. The average Bonchev–Trinajstić information content (AvgIpc) is 3.07. The van der Waals surface area contributed by atoms with Crippen molar-refractivity contribution in [2.45, 2.75) is 50.9 Å². The van der Waals surface area contributed by atoms with E-state index in [1.165, 1.54) is 12.0 Å². The van der Waals surface area contributed by atoms with E-state index in [1.54, 1.807) is 11.3 Å². The highest BCUT2D eigenvalue weighted by Gasteiger charge is 2.50. The maximum Gasteiger partial charge on any atom is 0.244 e. The smallest absolute Gasteiger partial charge is 0.244 e. The van der Waals surface area contributed by atoms with Crippen molar-refractivity contribution in [3.8, 4) is 0 Å². The first kappa shape index (κ1) is 15.0. The topological polar surface area (TPSA) is 35.6 Å². The minimum atomic E-state index is -0.428. The number of likely N-dealkylation sites (N-methyl/N-ethyl adjacent to an activating group) is 1. The highest BCUT2D eigenvalue weighted by Crippen LogP contribution is 2.36. The van der Waals surface area contributed by atoms with E-state index in [-0.39, 0.29) is 12.1 Å². The van der Waals surface area contributed by atoms with Gasteiger partial charge < -0.3 is 9.80 Å². The van der Waals surface area contributed by atoms with Crippen molar-refractivity contribution in [2.24, 2.45) is 0 Å². The second-order valence-corrected chi connectivity index (χ2v) is 7.34. The Hall–Kier alpha value is -0.910. The molecule has 21 heavy (non-hydrogen) atoms. The molecule has 2 aliphatic rings. The van der Waals surface area contributed by atoms with Crippen LogP contribution in [0.2, 0.25) is 0 Å². The van der Waals surface area contributed by atoms with Crippen molar-refractivity contribution >= 4 is 17.2 Å². The summed E-state index contributed by atoms with van der Waals surface area (Å²) in [5, 5.41) is 7.85. The first-order valence-electron chi connectivity index (χ1n) is 7.86. The number of carbonyl (C=O) groups is 1. The quantitative estimate of drug-likeness (QED) is 0.931. The van der Waals surface area contributed by atoms with Crippen molar-refractivity contribution in [2.75, 3.05) is 20.1 Å². The molecule has 1 aromatic rings. The molecule has 2 aliphatic heterocycles. The Balaban J connectivity index is 1.91. The van der Waals surface area contributed by atoms with Gasteiger partial charge in [0.15, 0.2) is 0 Å². The summed E-state index contributed by atoms with van der Waals surface area (Å²) < 4.78 is 0. The Labute approximate surface area is 131 Å². The molecule has 2 saturated heterocycles. The molecule has 0 bridgehead atoms. The van der Waals surface area contributed by atoms with Gasteiger partial charge in [0, 0.05) is 12.6 Å². The van der Waals surface area contributed by atoms with E-state index in [4.69, 9.17) is 0 Å². The lowest BCUT2D eigenvalue weighted by molar-refractivity contribution is -0.136. The number of nitrogens with zero attached hydrogens (tertiary/aromatic N) is 2. The van der Waals surface area contributed by atoms with Crippen LogP contribution in [0, 0.1) is 0 Å². The van der Waals surface area contributed by atoms with Gasteiger partial charge in [-0.3, -0.25) is 10.1 Å². The van der Waals surface area contributed by atoms with Gasteiger partial charge in [-0.15, -0.1) is 0 Å². The van der Waals surface area contributed by atoms with E-state index in [2.05, 4.69) is 45.9 Å². The van der Waals surface area contributed by atoms with Crippen molar-refractivity contribution in [1.82, 2.24) is 15.1 Å². The van der Waals surface area contributed by atoms with Gasteiger partial charge >= 0.3 is 0 Å². The summed E-state index contributed by atoms with van der Waals surface area (Å²) in [7, 11) is 2.15. The van der Waals surface area contributed by atoms with Crippen LogP contribution in [0.3, 0.4) is 0 Å². The molecule has 0 aromatic carbocycles. The highest BCUT2D eigenvalue weighted by atomic mass is 32.1. The van der Waals surface area contributed by atoms with Crippen LogP contribution < -0.4 is 5.32 Å². The van der Waals surface area contributed by atoms with E-state index in [9.17, 15) is 4.79 Å². The normalized spacial score (nSPS) is 34.6. The Kier molecular flexibility index (Phi) is 4.08. The third kappa shape index (κ3) is 2.62. The molecule has 3 heterocycles. The van der Waals surface area contributed by atoms with Gasteiger partial charge in [0.2, 0.25) is 5.91 Å². The largest absolute Gasteiger partial charge is 0.317 e. The van der Waals surface area contributed by atoms with Gasteiger partial charge in [0.1, 0.15) is 6.17 Å². The maximum absolute atomic E-state index is 13.0. The fourth-order valence-electron chi connectivity index (χ4n) is 3.51. The number of piperidine rings is 1. The Morgan fingerprint density at radius 3 is 2.95 bits per heavy atom. The number of thiophene rings is 1. The lowest BCUT2D eigenvalue weighted by Gasteiger charge is -2.38. The molecule has 0 radical (unpaired) electrons. The van der Waals surface area contributed by atoms with Crippen molar-refractivity contribution in [3.05, 3.63) is 22.4 Å². The summed E-state index contributed by atoms with van der Waals surface area (Å²) >= 11 is 1.70. The molecule has 0 aliphatic carbocycles. The first-order chi connectivity index (χ1) is 10.0. The molecule has 5 heteroatoms. The van der Waals surface area contributed by atoms with Gasteiger partial charge in [-0.1, -0.05) is 6.92 Å². The van der Waals surface area contributed by atoms with Crippen molar-refractivity contribution in [1.29, 1.82) is 0 Å². The van der Waals surface area contributed by atoms with Crippen molar-refractivity contribution < 1.29 is 4.79 Å². The minimum Gasteiger partial charge on any atom is -0.317 e. The van der Waals surface area contributed by atoms with E-state index < -0.39 is 5.54 Å². The summed E-state index contributed by atoms with van der Waals surface area (Å²) in [6.45, 7) is 6.25.